The molecule has 0 aromatic heterocycles. The molecule has 0 radical (unpaired) electrons. The predicted octanol–water partition coefficient (Wildman–Crippen LogP) is 0.712. The first-order valence-corrected chi connectivity index (χ1v) is 7.71. The Labute approximate surface area is 126 Å². The highest BCUT2D eigenvalue weighted by Crippen LogP contribution is 2.28. The van der Waals surface area contributed by atoms with Gasteiger partial charge < -0.3 is 19.3 Å². The molecule has 2 aliphatic rings. The van der Waals surface area contributed by atoms with Gasteiger partial charge in [-0.15, -0.1) is 0 Å². The van der Waals surface area contributed by atoms with E-state index in [9.17, 15) is 9.59 Å². The fourth-order valence-electron chi connectivity index (χ4n) is 3.10. The maximum absolute atomic E-state index is 12.7. The second kappa shape index (κ2) is 7.22. The van der Waals surface area contributed by atoms with Crippen molar-refractivity contribution < 1.29 is 19.1 Å². The molecule has 2 heterocycles. The molecule has 2 saturated heterocycles. The molecular weight excluding hydrogens is 272 g/mol. The Morgan fingerprint density at radius 2 is 2.24 bits per heavy atom. The maximum Gasteiger partial charge on any atom is 0.243 e. The van der Waals surface area contributed by atoms with Gasteiger partial charge in [0.1, 0.15) is 6.54 Å². The number of carbonyl (C=O) groups is 2. The third kappa shape index (κ3) is 3.74. The third-order valence-electron chi connectivity index (χ3n) is 4.24. The Morgan fingerprint density at radius 1 is 1.48 bits per heavy atom. The van der Waals surface area contributed by atoms with Gasteiger partial charge in [-0.3, -0.25) is 9.59 Å². The number of amides is 2. The summed E-state index contributed by atoms with van der Waals surface area (Å²) < 4.78 is 10.8. The molecule has 2 fully saturated rings. The molecule has 6 nitrogen and oxygen atoms in total. The van der Waals surface area contributed by atoms with Gasteiger partial charge in [0, 0.05) is 20.3 Å². The van der Waals surface area contributed by atoms with Crippen molar-refractivity contribution in [3.05, 3.63) is 0 Å². The molecule has 0 aromatic carbocycles. The number of hydrogen-bond acceptors (Lipinski definition) is 4. The van der Waals surface area contributed by atoms with Crippen LogP contribution in [-0.2, 0) is 19.1 Å². The molecule has 2 aliphatic heterocycles. The molecule has 0 bridgehead atoms. The van der Waals surface area contributed by atoms with Crippen LogP contribution in [0.3, 0.4) is 0 Å². The summed E-state index contributed by atoms with van der Waals surface area (Å²) >= 11 is 0. The molecule has 0 unspecified atom stereocenters. The molecule has 0 aliphatic carbocycles. The number of rotatable bonds is 5. The van der Waals surface area contributed by atoms with Crippen molar-refractivity contribution in [1.82, 2.24) is 9.80 Å². The third-order valence-corrected chi connectivity index (χ3v) is 4.24. The van der Waals surface area contributed by atoms with Crippen molar-refractivity contribution >= 4 is 11.8 Å². The number of hydrogen-bond donors (Lipinski definition) is 0. The first-order valence-electron chi connectivity index (χ1n) is 7.71. The van der Waals surface area contributed by atoms with Gasteiger partial charge in [-0.25, -0.2) is 0 Å². The molecular formula is C15H26N2O4. The highest BCUT2D eigenvalue weighted by molar-refractivity contribution is 5.89. The smallest absolute Gasteiger partial charge is 0.243 e. The summed E-state index contributed by atoms with van der Waals surface area (Å²) in [5, 5.41) is 0. The van der Waals surface area contributed by atoms with Crippen molar-refractivity contribution in [2.75, 3.05) is 40.1 Å². The topological polar surface area (TPSA) is 59.1 Å². The summed E-state index contributed by atoms with van der Waals surface area (Å²) in [5.74, 6) is 0.246. The van der Waals surface area contributed by atoms with E-state index in [-0.39, 0.29) is 30.4 Å². The van der Waals surface area contributed by atoms with Crippen LogP contribution in [0.25, 0.3) is 0 Å². The van der Waals surface area contributed by atoms with E-state index in [0.717, 1.165) is 19.4 Å². The van der Waals surface area contributed by atoms with Gasteiger partial charge in [0.15, 0.2) is 0 Å². The summed E-state index contributed by atoms with van der Waals surface area (Å²) in [6, 6.07) is 0. The summed E-state index contributed by atoms with van der Waals surface area (Å²) in [6.07, 6.45) is 1.73. The monoisotopic (exact) mass is 298 g/mol. The zero-order valence-corrected chi connectivity index (χ0v) is 13.2. The van der Waals surface area contributed by atoms with Gasteiger partial charge in [0.25, 0.3) is 0 Å². The quantitative estimate of drug-likeness (QED) is 0.750. The molecule has 2 rings (SSSR count). The highest BCUT2D eigenvalue weighted by atomic mass is 16.5. The van der Waals surface area contributed by atoms with E-state index in [1.54, 1.807) is 16.9 Å². The van der Waals surface area contributed by atoms with Crippen LogP contribution in [0.2, 0.25) is 0 Å². The highest BCUT2D eigenvalue weighted by Gasteiger charge is 2.39. The Kier molecular flexibility index (Phi) is 5.58. The number of methoxy groups -OCH3 is 1. The van der Waals surface area contributed by atoms with E-state index in [2.05, 4.69) is 13.8 Å². The van der Waals surface area contributed by atoms with Crippen LogP contribution in [0.15, 0.2) is 0 Å². The van der Waals surface area contributed by atoms with Gasteiger partial charge in [-0.1, -0.05) is 13.8 Å². The van der Waals surface area contributed by atoms with Gasteiger partial charge >= 0.3 is 0 Å². The lowest BCUT2D eigenvalue weighted by Crippen LogP contribution is -2.45. The lowest BCUT2D eigenvalue weighted by Gasteiger charge is -2.35. The second-order valence-electron chi connectivity index (χ2n) is 6.16. The molecule has 2 amide bonds. The molecule has 0 spiro atoms. The number of carbonyl (C=O) groups excluding carboxylic acids is 2. The summed E-state index contributed by atoms with van der Waals surface area (Å²) in [4.78, 5) is 28.0. The Bertz CT molecular complexity index is 386. The zero-order valence-electron chi connectivity index (χ0n) is 13.2. The van der Waals surface area contributed by atoms with E-state index in [4.69, 9.17) is 9.47 Å². The Balaban J connectivity index is 1.97. The fraction of sp³-hybridized carbons (Fsp3) is 0.867. The minimum atomic E-state index is -0.117. The van der Waals surface area contributed by atoms with Gasteiger partial charge in [-0.05, 0) is 18.8 Å². The summed E-state index contributed by atoms with van der Waals surface area (Å²) in [7, 11) is 1.61. The van der Waals surface area contributed by atoms with Crippen LogP contribution < -0.4 is 0 Å². The van der Waals surface area contributed by atoms with Crippen LogP contribution in [0.1, 0.15) is 26.7 Å². The molecule has 6 heteroatoms. The van der Waals surface area contributed by atoms with Crippen molar-refractivity contribution in [3.8, 4) is 0 Å². The first kappa shape index (κ1) is 16.2. The lowest BCUT2D eigenvalue weighted by molar-refractivity contribution is -0.147. The second-order valence-corrected chi connectivity index (χ2v) is 6.16. The van der Waals surface area contributed by atoms with Crippen molar-refractivity contribution in [2.24, 2.45) is 11.8 Å². The standard InChI is InChI=1S/C15H26N2O4/c1-11(2)14-12(5-4-7-21-14)15(19)17-9-13(18)16(10-17)6-8-20-3/h11-12,14H,4-10H2,1-3H3/t12-,14-/m0/s1. The normalized spacial score (nSPS) is 26.8. The largest absolute Gasteiger partial charge is 0.383 e. The summed E-state index contributed by atoms with van der Waals surface area (Å²) in [5.41, 5.74) is 0. The Morgan fingerprint density at radius 3 is 2.90 bits per heavy atom. The van der Waals surface area contributed by atoms with Crippen LogP contribution in [-0.4, -0.2) is 67.8 Å². The molecule has 0 N–H and O–H groups in total. The summed E-state index contributed by atoms with van der Waals surface area (Å²) in [6.45, 7) is 6.48. The minimum Gasteiger partial charge on any atom is -0.383 e. The maximum atomic E-state index is 12.7. The molecule has 120 valence electrons. The Hall–Kier alpha value is -1.14. The average Bonchev–Trinajstić information content (AvgIpc) is 2.85. The van der Waals surface area contributed by atoms with E-state index in [1.807, 2.05) is 0 Å². The van der Waals surface area contributed by atoms with Gasteiger partial charge in [-0.2, -0.15) is 0 Å². The van der Waals surface area contributed by atoms with E-state index in [1.165, 1.54) is 0 Å². The minimum absolute atomic E-state index is 0.00164. The van der Waals surface area contributed by atoms with Crippen molar-refractivity contribution in [1.29, 1.82) is 0 Å². The van der Waals surface area contributed by atoms with Crippen LogP contribution in [0.4, 0.5) is 0 Å². The molecule has 2 atom stereocenters. The molecule has 0 saturated carbocycles. The SMILES string of the molecule is COCCN1CN(C(=O)[C@H]2CCCO[C@H]2C(C)C)CC1=O. The molecule has 0 aromatic rings. The predicted molar refractivity (Wildman–Crippen MR) is 77.5 cm³/mol. The van der Waals surface area contributed by atoms with Crippen LogP contribution in [0, 0.1) is 11.8 Å². The zero-order chi connectivity index (χ0) is 15.4. The van der Waals surface area contributed by atoms with Crippen LogP contribution in [0.5, 0.6) is 0 Å². The fourth-order valence-corrected chi connectivity index (χ4v) is 3.10. The van der Waals surface area contributed by atoms with E-state index < -0.39 is 0 Å². The molecule has 21 heavy (non-hydrogen) atoms. The van der Waals surface area contributed by atoms with Crippen molar-refractivity contribution in [3.63, 3.8) is 0 Å². The number of ether oxygens (including phenoxy) is 2. The van der Waals surface area contributed by atoms with E-state index >= 15 is 0 Å². The van der Waals surface area contributed by atoms with Gasteiger partial charge in [0.05, 0.1) is 25.3 Å². The van der Waals surface area contributed by atoms with Crippen molar-refractivity contribution in [2.45, 2.75) is 32.8 Å². The lowest BCUT2D eigenvalue weighted by atomic mass is 9.86. The van der Waals surface area contributed by atoms with Gasteiger partial charge in [0.2, 0.25) is 11.8 Å². The number of nitrogens with zero attached hydrogens (tertiary/aromatic N) is 2. The first-order chi connectivity index (χ1) is 10.0. The van der Waals surface area contributed by atoms with Crippen LogP contribution >= 0.6 is 0 Å². The van der Waals surface area contributed by atoms with E-state index in [0.29, 0.717) is 25.7 Å². The average molecular weight is 298 g/mol.